The van der Waals surface area contributed by atoms with Crippen molar-refractivity contribution in [2.24, 2.45) is 0 Å². The number of nitrogens with zero attached hydrogens (tertiary/aromatic N) is 2. The highest BCUT2D eigenvalue weighted by atomic mass is 32.2. The van der Waals surface area contributed by atoms with Gasteiger partial charge in [-0.3, -0.25) is 4.90 Å². The minimum atomic E-state index is -3.45. The molecule has 2 aromatic rings. The third-order valence-electron chi connectivity index (χ3n) is 4.96. The molecule has 0 saturated carbocycles. The molecule has 0 spiro atoms. The van der Waals surface area contributed by atoms with Crippen LogP contribution in [-0.4, -0.2) is 52.6 Å². The van der Waals surface area contributed by atoms with Gasteiger partial charge in [0.25, 0.3) is 0 Å². The summed E-state index contributed by atoms with van der Waals surface area (Å²) in [4.78, 5) is 4.76. The molecule has 1 aliphatic rings. The maximum Gasteiger partial charge on any atom is 0.215 e. The van der Waals surface area contributed by atoms with Crippen LogP contribution in [0.4, 0.5) is 10.1 Å². The van der Waals surface area contributed by atoms with Crippen LogP contribution in [0.15, 0.2) is 48.5 Å². The molecule has 1 saturated heterocycles. The molecule has 1 N–H and O–H groups in total. The maximum absolute atomic E-state index is 13.2. The number of rotatable bonds is 8. The van der Waals surface area contributed by atoms with Gasteiger partial charge in [0.15, 0.2) is 0 Å². The van der Waals surface area contributed by atoms with Crippen molar-refractivity contribution in [2.75, 3.05) is 44.2 Å². The predicted octanol–water partition coefficient (Wildman–Crippen LogP) is 2.77. The minimum absolute atomic E-state index is 0.195. The summed E-state index contributed by atoms with van der Waals surface area (Å²) in [5.41, 5.74) is 3.00. The Kier molecular flexibility index (Phi) is 7.04. The van der Waals surface area contributed by atoms with Crippen LogP contribution in [0.2, 0.25) is 0 Å². The zero-order valence-electron chi connectivity index (χ0n) is 16.3. The van der Waals surface area contributed by atoms with Gasteiger partial charge in [0, 0.05) is 38.4 Å². The molecule has 1 aliphatic heterocycles. The molecule has 1 heterocycles. The van der Waals surface area contributed by atoms with E-state index in [0.29, 0.717) is 12.1 Å². The van der Waals surface area contributed by atoms with Gasteiger partial charge in [-0.1, -0.05) is 24.3 Å². The highest BCUT2D eigenvalue weighted by molar-refractivity contribution is 7.88. The maximum atomic E-state index is 13.2. The summed E-state index contributed by atoms with van der Waals surface area (Å²) in [7, 11) is -3.45. The Morgan fingerprint density at radius 3 is 2.50 bits per heavy atom. The Balaban J connectivity index is 1.37. The van der Waals surface area contributed by atoms with E-state index in [2.05, 4.69) is 45.7 Å². The lowest BCUT2D eigenvalue weighted by Gasteiger charge is -2.36. The van der Waals surface area contributed by atoms with Crippen LogP contribution in [0, 0.1) is 12.7 Å². The van der Waals surface area contributed by atoms with Gasteiger partial charge in [-0.2, -0.15) is 0 Å². The molecule has 0 amide bonds. The first-order chi connectivity index (χ1) is 13.4. The Morgan fingerprint density at radius 1 is 1.04 bits per heavy atom. The normalized spacial score (nSPS) is 15.7. The lowest BCUT2D eigenvalue weighted by molar-refractivity contribution is 0.255. The number of aryl methyl sites for hydroxylation is 1. The first kappa shape index (κ1) is 20.8. The molecule has 3 rings (SSSR count). The topological polar surface area (TPSA) is 52.6 Å². The van der Waals surface area contributed by atoms with Crippen molar-refractivity contribution >= 4 is 15.7 Å². The Bertz CT molecular complexity index is 881. The van der Waals surface area contributed by atoms with Crippen molar-refractivity contribution in [1.29, 1.82) is 0 Å². The van der Waals surface area contributed by atoms with Crippen LogP contribution in [0.25, 0.3) is 0 Å². The monoisotopic (exact) mass is 405 g/mol. The van der Waals surface area contributed by atoms with Gasteiger partial charge in [0.1, 0.15) is 5.82 Å². The smallest absolute Gasteiger partial charge is 0.215 e. The van der Waals surface area contributed by atoms with Crippen molar-refractivity contribution in [3.63, 3.8) is 0 Å². The number of halogens is 1. The number of hydrogen-bond acceptors (Lipinski definition) is 4. The van der Waals surface area contributed by atoms with E-state index in [0.717, 1.165) is 39.1 Å². The van der Waals surface area contributed by atoms with E-state index >= 15 is 0 Å². The van der Waals surface area contributed by atoms with Crippen molar-refractivity contribution in [3.8, 4) is 0 Å². The molecular weight excluding hydrogens is 377 g/mol. The number of sulfonamides is 1. The van der Waals surface area contributed by atoms with E-state index in [9.17, 15) is 12.8 Å². The highest BCUT2D eigenvalue weighted by Crippen LogP contribution is 2.17. The molecule has 7 heteroatoms. The van der Waals surface area contributed by atoms with E-state index in [1.54, 1.807) is 6.07 Å². The fourth-order valence-corrected chi connectivity index (χ4v) is 4.66. The van der Waals surface area contributed by atoms with E-state index in [1.807, 2.05) is 0 Å². The molecule has 2 aromatic carbocycles. The number of piperazine rings is 1. The summed E-state index contributed by atoms with van der Waals surface area (Å²) >= 11 is 0. The van der Waals surface area contributed by atoms with Crippen LogP contribution in [-0.2, 0) is 15.8 Å². The summed E-state index contributed by atoms with van der Waals surface area (Å²) in [5.74, 6) is -0.613. The van der Waals surface area contributed by atoms with Crippen LogP contribution in [0.1, 0.15) is 17.5 Å². The summed E-state index contributed by atoms with van der Waals surface area (Å²) in [6, 6.07) is 14.3. The second kappa shape index (κ2) is 9.49. The highest BCUT2D eigenvalue weighted by Gasteiger charge is 2.17. The molecule has 1 fully saturated rings. The van der Waals surface area contributed by atoms with Gasteiger partial charge in [-0.25, -0.2) is 17.5 Å². The minimum Gasteiger partial charge on any atom is -0.369 e. The zero-order chi connectivity index (χ0) is 20.0. The summed E-state index contributed by atoms with van der Waals surface area (Å²) in [5, 5.41) is 0. The number of nitrogens with one attached hydrogen (secondary N) is 1. The molecule has 0 aromatic heterocycles. The standard InChI is InChI=1S/C21H28FN3O2S/c1-18-5-2-8-21(15-18)25-13-11-24(12-14-25)10-4-9-23-28(26,27)17-19-6-3-7-20(22)16-19/h2-3,5-8,15-16,23H,4,9-14,17H2,1H3. The molecule has 28 heavy (non-hydrogen) atoms. The first-order valence-corrected chi connectivity index (χ1v) is 11.3. The second-order valence-corrected chi connectivity index (χ2v) is 9.11. The molecule has 0 radical (unpaired) electrons. The van der Waals surface area contributed by atoms with Crippen LogP contribution in [0.5, 0.6) is 0 Å². The Hall–Kier alpha value is -1.96. The Labute approximate surface area is 167 Å². The molecule has 0 aliphatic carbocycles. The summed E-state index contributed by atoms with van der Waals surface area (Å²) in [6.45, 7) is 7.28. The van der Waals surface area contributed by atoms with Crippen LogP contribution < -0.4 is 9.62 Å². The third kappa shape index (κ3) is 6.29. The zero-order valence-corrected chi connectivity index (χ0v) is 17.1. The first-order valence-electron chi connectivity index (χ1n) is 9.67. The van der Waals surface area contributed by atoms with Gasteiger partial charge in [-0.15, -0.1) is 0 Å². The van der Waals surface area contributed by atoms with Gasteiger partial charge in [0.05, 0.1) is 5.75 Å². The molecule has 0 atom stereocenters. The fourth-order valence-electron chi connectivity index (χ4n) is 3.48. The quantitative estimate of drug-likeness (QED) is 0.686. The van der Waals surface area contributed by atoms with Crippen LogP contribution in [0.3, 0.4) is 0 Å². The number of anilines is 1. The van der Waals surface area contributed by atoms with Crippen molar-refractivity contribution in [1.82, 2.24) is 9.62 Å². The van der Waals surface area contributed by atoms with Crippen LogP contribution >= 0.6 is 0 Å². The van der Waals surface area contributed by atoms with E-state index in [-0.39, 0.29) is 5.75 Å². The predicted molar refractivity (Wildman–Crippen MR) is 111 cm³/mol. The van der Waals surface area contributed by atoms with Crippen molar-refractivity contribution < 1.29 is 12.8 Å². The Morgan fingerprint density at radius 2 is 1.79 bits per heavy atom. The average molecular weight is 406 g/mol. The molecule has 5 nitrogen and oxygen atoms in total. The van der Waals surface area contributed by atoms with E-state index in [1.165, 1.54) is 29.4 Å². The number of benzene rings is 2. The van der Waals surface area contributed by atoms with Crippen molar-refractivity contribution in [3.05, 3.63) is 65.5 Å². The van der Waals surface area contributed by atoms with Crippen molar-refractivity contribution in [2.45, 2.75) is 19.1 Å². The van der Waals surface area contributed by atoms with Gasteiger partial charge >= 0.3 is 0 Å². The number of hydrogen-bond donors (Lipinski definition) is 1. The van der Waals surface area contributed by atoms with Gasteiger partial charge < -0.3 is 4.90 Å². The SMILES string of the molecule is Cc1cccc(N2CCN(CCCNS(=O)(=O)Cc3cccc(F)c3)CC2)c1. The molecule has 0 bridgehead atoms. The average Bonchev–Trinajstić information content (AvgIpc) is 2.65. The lowest BCUT2D eigenvalue weighted by Crippen LogP contribution is -2.47. The fraction of sp³-hybridized carbons (Fsp3) is 0.429. The lowest BCUT2D eigenvalue weighted by atomic mass is 10.2. The van der Waals surface area contributed by atoms with E-state index < -0.39 is 15.8 Å². The van der Waals surface area contributed by atoms with Gasteiger partial charge in [-0.05, 0) is 55.3 Å². The summed E-state index contributed by atoms with van der Waals surface area (Å²) < 4.78 is 40.1. The molecular formula is C21H28FN3O2S. The molecule has 152 valence electrons. The second-order valence-electron chi connectivity index (χ2n) is 7.30. The van der Waals surface area contributed by atoms with Gasteiger partial charge in [0.2, 0.25) is 10.0 Å². The summed E-state index contributed by atoms with van der Waals surface area (Å²) in [6.07, 6.45) is 0.757. The third-order valence-corrected chi connectivity index (χ3v) is 6.32. The molecule has 0 unspecified atom stereocenters. The van der Waals surface area contributed by atoms with E-state index in [4.69, 9.17) is 0 Å². The largest absolute Gasteiger partial charge is 0.369 e.